The Kier molecular flexibility index (Phi) is 3.63. The minimum atomic E-state index is -0.435. The van der Waals surface area contributed by atoms with E-state index in [9.17, 15) is 10.1 Å². The highest BCUT2D eigenvalue weighted by molar-refractivity contribution is 14.1. The predicted molar refractivity (Wildman–Crippen MR) is 72.2 cm³/mol. The predicted octanol–water partition coefficient (Wildman–Crippen LogP) is 3.10. The van der Waals surface area contributed by atoms with Crippen molar-refractivity contribution in [2.24, 2.45) is 0 Å². The molecule has 1 aromatic heterocycles. The summed E-state index contributed by atoms with van der Waals surface area (Å²) in [6, 6.07) is 4.64. The van der Waals surface area contributed by atoms with Gasteiger partial charge >= 0.3 is 0 Å². The van der Waals surface area contributed by atoms with Crippen LogP contribution >= 0.6 is 34.2 Å². The molecule has 17 heavy (non-hydrogen) atoms. The molecule has 2 aromatic rings. The lowest BCUT2D eigenvalue weighted by Crippen LogP contribution is -2.04. The molecule has 1 heterocycles. The van der Waals surface area contributed by atoms with Gasteiger partial charge in [0.25, 0.3) is 5.69 Å². The normalized spacial score (nSPS) is 10.5. The van der Waals surface area contributed by atoms with E-state index < -0.39 is 4.92 Å². The van der Waals surface area contributed by atoms with Crippen molar-refractivity contribution < 1.29 is 4.92 Å². The van der Waals surface area contributed by atoms with Crippen LogP contribution in [0.15, 0.2) is 30.6 Å². The van der Waals surface area contributed by atoms with Crippen LogP contribution < -0.4 is 0 Å². The number of nitro groups is 1. The molecule has 0 unspecified atom stereocenters. The maximum absolute atomic E-state index is 10.9. The number of hydrogen-bond acceptors (Lipinski definition) is 3. The molecular formula is C10H7ClIN3O2. The number of benzene rings is 1. The van der Waals surface area contributed by atoms with E-state index in [4.69, 9.17) is 11.6 Å². The Balaban J connectivity index is 2.40. The van der Waals surface area contributed by atoms with Crippen LogP contribution in [0.2, 0.25) is 5.02 Å². The molecule has 0 radical (unpaired) electrons. The highest BCUT2D eigenvalue weighted by atomic mass is 127. The topological polar surface area (TPSA) is 61.0 Å². The van der Waals surface area contributed by atoms with E-state index in [0.717, 1.165) is 3.57 Å². The van der Waals surface area contributed by atoms with Gasteiger partial charge in [-0.15, -0.1) is 0 Å². The fraction of sp³-hybridized carbons (Fsp3) is 0.100. The lowest BCUT2D eigenvalue weighted by molar-refractivity contribution is -0.385. The zero-order chi connectivity index (χ0) is 12.4. The molecule has 0 aliphatic carbocycles. The van der Waals surface area contributed by atoms with E-state index >= 15 is 0 Å². The van der Waals surface area contributed by atoms with Crippen molar-refractivity contribution in [2.75, 3.05) is 0 Å². The number of rotatable bonds is 3. The Labute approximate surface area is 116 Å². The van der Waals surface area contributed by atoms with Gasteiger partial charge in [-0.05, 0) is 28.7 Å². The highest BCUT2D eigenvalue weighted by Gasteiger charge is 2.17. The molecule has 0 amide bonds. The molecule has 0 aliphatic rings. The molecule has 0 atom stereocenters. The zero-order valence-electron chi connectivity index (χ0n) is 8.51. The van der Waals surface area contributed by atoms with Crippen LogP contribution in [0.3, 0.4) is 0 Å². The van der Waals surface area contributed by atoms with Crippen LogP contribution in [0.4, 0.5) is 5.69 Å². The second-order valence-corrected chi connectivity index (χ2v) is 5.00. The molecule has 0 aliphatic heterocycles. The van der Waals surface area contributed by atoms with Crippen LogP contribution in [-0.2, 0) is 6.54 Å². The summed E-state index contributed by atoms with van der Waals surface area (Å²) in [6.07, 6.45) is 3.48. The molecule has 88 valence electrons. The summed E-state index contributed by atoms with van der Waals surface area (Å²) < 4.78 is 2.59. The largest absolute Gasteiger partial charge is 0.275 e. The minimum Gasteiger partial charge on any atom is -0.267 e. The standard InChI is InChI=1S/C10H7ClIN3O2/c11-9-2-1-3-10(15(16)17)8(9)6-14-5-7(12)4-13-14/h1-5H,6H2. The molecule has 0 N–H and O–H groups in total. The Morgan fingerprint density at radius 3 is 2.88 bits per heavy atom. The van der Waals surface area contributed by atoms with Crippen molar-refractivity contribution in [2.45, 2.75) is 6.54 Å². The second-order valence-electron chi connectivity index (χ2n) is 3.35. The minimum absolute atomic E-state index is 0.0167. The van der Waals surface area contributed by atoms with Gasteiger partial charge < -0.3 is 0 Å². The molecule has 7 heteroatoms. The summed E-state index contributed by atoms with van der Waals surface area (Å²) in [5.74, 6) is 0. The van der Waals surface area contributed by atoms with E-state index in [0.29, 0.717) is 17.1 Å². The van der Waals surface area contributed by atoms with Gasteiger partial charge in [-0.2, -0.15) is 5.10 Å². The fourth-order valence-corrected chi connectivity index (χ4v) is 2.14. The van der Waals surface area contributed by atoms with Gasteiger partial charge in [-0.25, -0.2) is 0 Å². The van der Waals surface area contributed by atoms with Crippen molar-refractivity contribution in [3.63, 3.8) is 0 Å². The lowest BCUT2D eigenvalue weighted by Gasteiger charge is -2.05. The van der Waals surface area contributed by atoms with E-state index in [1.54, 1.807) is 29.2 Å². The summed E-state index contributed by atoms with van der Waals surface area (Å²) in [7, 11) is 0. The van der Waals surface area contributed by atoms with Crippen LogP contribution in [0, 0.1) is 13.7 Å². The fourth-order valence-electron chi connectivity index (χ4n) is 1.46. The monoisotopic (exact) mass is 363 g/mol. The van der Waals surface area contributed by atoms with Crippen LogP contribution in [0.1, 0.15) is 5.56 Å². The van der Waals surface area contributed by atoms with Crippen LogP contribution in [0.25, 0.3) is 0 Å². The van der Waals surface area contributed by atoms with Gasteiger partial charge in [0.15, 0.2) is 0 Å². The number of nitrogens with zero attached hydrogens (tertiary/aromatic N) is 3. The van der Waals surface area contributed by atoms with Gasteiger partial charge in [0.1, 0.15) is 0 Å². The average Bonchev–Trinajstić information content (AvgIpc) is 2.67. The molecule has 0 fully saturated rings. The van der Waals surface area contributed by atoms with Gasteiger partial charge in [0.05, 0.1) is 31.8 Å². The first-order chi connectivity index (χ1) is 8.08. The van der Waals surface area contributed by atoms with Crippen molar-refractivity contribution in [1.29, 1.82) is 0 Å². The second kappa shape index (κ2) is 5.01. The Morgan fingerprint density at radius 1 is 1.53 bits per heavy atom. The third-order valence-electron chi connectivity index (χ3n) is 2.21. The lowest BCUT2D eigenvalue weighted by atomic mass is 10.2. The SMILES string of the molecule is O=[N+]([O-])c1cccc(Cl)c1Cn1cc(I)cn1. The maximum atomic E-state index is 10.9. The molecule has 2 rings (SSSR count). The summed E-state index contributed by atoms with van der Waals surface area (Å²) >= 11 is 8.11. The highest BCUT2D eigenvalue weighted by Crippen LogP contribution is 2.26. The molecular weight excluding hydrogens is 356 g/mol. The maximum Gasteiger partial charge on any atom is 0.275 e. The third kappa shape index (κ3) is 2.75. The molecule has 5 nitrogen and oxygen atoms in total. The van der Waals surface area contributed by atoms with E-state index in [-0.39, 0.29) is 5.69 Å². The number of hydrogen-bond donors (Lipinski definition) is 0. The average molecular weight is 364 g/mol. The molecule has 0 saturated carbocycles. The molecule has 1 aromatic carbocycles. The summed E-state index contributed by atoms with van der Waals surface area (Å²) in [5.41, 5.74) is 0.488. The Morgan fingerprint density at radius 2 is 2.29 bits per heavy atom. The number of nitro benzene ring substituents is 1. The van der Waals surface area contributed by atoms with Gasteiger partial charge in [-0.1, -0.05) is 17.7 Å². The van der Waals surface area contributed by atoms with Crippen molar-refractivity contribution >= 4 is 39.9 Å². The van der Waals surface area contributed by atoms with Crippen molar-refractivity contribution in [1.82, 2.24) is 9.78 Å². The molecule has 0 spiro atoms. The Hall–Kier alpha value is -1.15. The first-order valence-corrected chi connectivity index (χ1v) is 6.13. The summed E-state index contributed by atoms with van der Waals surface area (Å²) in [5, 5.41) is 15.3. The van der Waals surface area contributed by atoms with Gasteiger partial charge in [0.2, 0.25) is 0 Å². The van der Waals surface area contributed by atoms with Gasteiger partial charge in [-0.3, -0.25) is 14.8 Å². The number of aromatic nitrogens is 2. The molecule has 0 bridgehead atoms. The van der Waals surface area contributed by atoms with Crippen LogP contribution in [0.5, 0.6) is 0 Å². The zero-order valence-corrected chi connectivity index (χ0v) is 11.4. The van der Waals surface area contributed by atoms with E-state index in [1.807, 2.05) is 0 Å². The quantitative estimate of drug-likeness (QED) is 0.478. The number of halogens is 2. The van der Waals surface area contributed by atoms with E-state index in [2.05, 4.69) is 27.7 Å². The van der Waals surface area contributed by atoms with Crippen molar-refractivity contribution in [3.05, 3.63) is 54.9 Å². The first kappa shape index (κ1) is 12.3. The Bertz CT molecular complexity index is 570. The smallest absolute Gasteiger partial charge is 0.267 e. The van der Waals surface area contributed by atoms with Crippen LogP contribution in [-0.4, -0.2) is 14.7 Å². The summed E-state index contributed by atoms with van der Waals surface area (Å²) in [4.78, 5) is 10.5. The first-order valence-electron chi connectivity index (χ1n) is 4.67. The summed E-state index contributed by atoms with van der Waals surface area (Å²) in [6.45, 7) is 0.291. The molecule has 0 saturated heterocycles. The van der Waals surface area contributed by atoms with Gasteiger partial charge in [0, 0.05) is 12.3 Å². The third-order valence-corrected chi connectivity index (χ3v) is 3.12. The van der Waals surface area contributed by atoms with E-state index in [1.165, 1.54) is 6.07 Å². The van der Waals surface area contributed by atoms with Crippen molar-refractivity contribution in [3.8, 4) is 0 Å².